The molecule has 0 bridgehead atoms. The zero-order valence-corrected chi connectivity index (χ0v) is 13.8. The van der Waals surface area contributed by atoms with Crippen LogP contribution in [0.5, 0.6) is 0 Å². The lowest BCUT2D eigenvalue weighted by Gasteiger charge is -2.09. The fourth-order valence-corrected chi connectivity index (χ4v) is 4.29. The summed E-state index contributed by atoms with van der Waals surface area (Å²) in [4.78, 5) is 1.06. The van der Waals surface area contributed by atoms with E-state index in [-0.39, 0.29) is 0 Å². The number of halogens is 1. The molecule has 0 aliphatic heterocycles. The lowest BCUT2D eigenvalue weighted by Crippen LogP contribution is -2.12. The average molecular weight is 332 g/mol. The Labute approximate surface area is 130 Å². The van der Waals surface area contributed by atoms with Crippen LogP contribution in [0.25, 0.3) is 0 Å². The third kappa shape index (κ3) is 4.10. The highest BCUT2D eigenvalue weighted by Crippen LogP contribution is 2.38. The molecule has 0 aliphatic rings. The van der Waals surface area contributed by atoms with E-state index in [1.54, 1.807) is 34.9 Å². The van der Waals surface area contributed by atoms with Crippen molar-refractivity contribution in [2.45, 2.75) is 27.0 Å². The maximum Gasteiger partial charge on any atom is 0.179 e. The zero-order valence-electron chi connectivity index (χ0n) is 10.6. The highest BCUT2D eigenvalue weighted by Gasteiger charge is 2.12. The zero-order chi connectivity index (χ0) is 13.7. The standard InChI is InChI=1S/C12H14ClN3S3/c1-3-14-7-8-5-4-6-9(13)10(8)18-12-16-15-11(17-2)19-12/h4-6,14H,3,7H2,1-2H3. The van der Waals surface area contributed by atoms with Crippen LogP contribution in [0, 0.1) is 0 Å². The number of aromatic nitrogens is 2. The van der Waals surface area contributed by atoms with Crippen LogP contribution in [0.4, 0.5) is 0 Å². The third-order valence-corrected chi connectivity index (χ3v) is 5.93. The van der Waals surface area contributed by atoms with Crippen molar-refractivity contribution in [2.75, 3.05) is 12.8 Å². The minimum Gasteiger partial charge on any atom is -0.313 e. The smallest absolute Gasteiger partial charge is 0.179 e. The molecular formula is C12H14ClN3S3. The van der Waals surface area contributed by atoms with Gasteiger partial charge in [0, 0.05) is 11.4 Å². The van der Waals surface area contributed by atoms with Crippen molar-refractivity contribution >= 4 is 46.5 Å². The van der Waals surface area contributed by atoms with E-state index in [1.165, 1.54) is 5.56 Å². The molecular weight excluding hydrogens is 318 g/mol. The molecule has 0 aliphatic carbocycles. The molecule has 2 aromatic rings. The summed E-state index contributed by atoms with van der Waals surface area (Å²) in [6.45, 7) is 3.84. The summed E-state index contributed by atoms with van der Waals surface area (Å²) in [7, 11) is 0. The molecule has 0 fully saturated rings. The fourth-order valence-electron chi connectivity index (χ4n) is 1.47. The largest absolute Gasteiger partial charge is 0.313 e. The van der Waals surface area contributed by atoms with E-state index < -0.39 is 0 Å². The fraction of sp³-hybridized carbons (Fsp3) is 0.333. The van der Waals surface area contributed by atoms with Crippen molar-refractivity contribution in [1.82, 2.24) is 15.5 Å². The van der Waals surface area contributed by atoms with Gasteiger partial charge in [0.15, 0.2) is 8.68 Å². The van der Waals surface area contributed by atoms with E-state index in [0.717, 1.165) is 31.7 Å². The number of benzene rings is 1. The van der Waals surface area contributed by atoms with Gasteiger partial charge >= 0.3 is 0 Å². The molecule has 1 heterocycles. The summed E-state index contributed by atoms with van der Waals surface area (Å²) in [5.74, 6) is 0. The average Bonchev–Trinajstić information content (AvgIpc) is 2.87. The van der Waals surface area contributed by atoms with Gasteiger partial charge in [-0.3, -0.25) is 0 Å². The molecule has 2 rings (SSSR count). The maximum absolute atomic E-state index is 6.30. The van der Waals surface area contributed by atoms with Gasteiger partial charge in [-0.1, -0.05) is 65.5 Å². The number of hydrogen-bond acceptors (Lipinski definition) is 6. The predicted octanol–water partition coefficient (Wildman–Crippen LogP) is 4.17. The molecule has 0 saturated heterocycles. The highest BCUT2D eigenvalue weighted by molar-refractivity contribution is 8.03. The topological polar surface area (TPSA) is 37.8 Å². The molecule has 0 spiro atoms. The summed E-state index contributed by atoms with van der Waals surface area (Å²) in [6, 6.07) is 5.98. The molecule has 1 aromatic heterocycles. The minimum absolute atomic E-state index is 0.765. The van der Waals surface area contributed by atoms with Crippen LogP contribution < -0.4 is 5.32 Å². The Bertz CT molecular complexity index is 545. The summed E-state index contributed by atoms with van der Waals surface area (Å²) in [5.41, 5.74) is 1.19. The molecule has 102 valence electrons. The van der Waals surface area contributed by atoms with Gasteiger partial charge in [0.05, 0.1) is 5.02 Å². The van der Waals surface area contributed by atoms with E-state index in [1.807, 2.05) is 18.4 Å². The van der Waals surface area contributed by atoms with Crippen LogP contribution in [-0.2, 0) is 6.54 Å². The van der Waals surface area contributed by atoms with Gasteiger partial charge in [-0.25, -0.2) is 0 Å². The number of thioether (sulfide) groups is 1. The van der Waals surface area contributed by atoms with Crippen LogP contribution in [0.1, 0.15) is 12.5 Å². The van der Waals surface area contributed by atoms with E-state index in [9.17, 15) is 0 Å². The summed E-state index contributed by atoms with van der Waals surface area (Å²) >= 11 is 11.1. The Morgan fingerprint density at radius 3 is 2.79 bits per heavy atom. The van der Waals surface area contributed by atoms with E-state index in [2.05, 4.69) is 28.5 Å². The van der Waals surface area contributed by atoms with Crippen molar-refractivity contribution in [1.29, 1.82) is 0 Å². The molecule has 1 N–H and O–H groups in total. The number of nitrogens with zero attached hydrogens (tertiary/aromatic N) is 2. The first-order valence-corrected chi connectivity index (χ1v) is 9.01. The van der Waals surface area contributed by atoms with Crippen molar-refractivity contribution in [3.63, 3.8) is 0 Å². The second-order valence-corrected chi connectivity index (χ2v) is 7.34. The molecule has 19 heavy (non-hydrogen) atoms. The number of nitrogens with one attached hydrogen (secondary N) is 1. The van der Waals surface area contributed by atoms with E-state index >= 15 is 0 Å². The SMILES string of the molecule is CCNCc1cccc(Cl)c1Sc1nnc(SC)s1. The molecule has 0 radical (unpaired) electrons. The minimum atomic E-state index is 0.765. The summed E-state index contributed by atoms with van der Waals surface area (Å²) in [5, 5.41) is 12.4. The van der Waals surface area contributed by atoms with Crippen molar-refractivity contribution in [2.24, 2.45) is 0 Å². The van der Waals surface area contributed by atoms with Crippen LogP contribution in [0.15, 0.2) is 31.8 Å². The van der Waals surface area contributed by atoms with E-state index in [4.69, 9.17) is 11.6 Å². The molecule has 0 amide bonds. The Kier molecular flexibility index (Phi) is 5.97. The van der Waals surface area contributed by atoms with E-state index in [0.29, 0.717) is 0 Å². The van der Waals surface area contributed by atoms with Gasteiger partial charge in [0.25, 0.3) is 0 Å². The first-order chi connectivity index (χ1) is 9.24. The Morgan fingerprint density at radius 1 is 1.32 bits per heavy atom. The number of hydrogen-bond donors (Lipinski definition) is 1. The predicted molar refractivity (Wildman–Crippen MR) is 84.6 cm³/mol. The third-order valence-electron chi connectivity index (χ3n) is 2.37. The van der Waals surface area contributed by atoms with Crippen molar-refractivity contribution in [3.8, 4) is 0 Å². The Hall–Kier alpha value is -0.270. The van der Waals surface area contributed by atoms with Crippen LogP contribution >= 0.6 is 46.5 Å². The molecule has 0 saturated carbocycles. The van der Waals surface area contributed by atoms with Crippen molar-refractivity contribution in [3.05, 3.63) is 28.8 Å². The first-order valence-electron chi connectivity index (χ1n) is 5.78. The van der Waals surface area contributed by atoms with Crippen LogP contribution in [0.2, 0.25) is 5.02 Å². The van der Waals surface area contributed by atoms with Crippen LogP contribution in [0.3, 0.4) is 0 Å². The summed E-state index contributed by atoms with van der Waals surface area (Å²) in [6.07, 6.45) is 2.00. The van der Waals surface area contributed by atoms with Gasteiger partial charge in [-0.05, 0) is 24.4 Å². The normalized spacial score (nSPS) is 10.9. The molecule has 0 atom stereocenters. The molecule has 1 aromatic carbocycles. The maximum atomic E-state index is 6.30. The number of rotatable bonds is 6. The Balaban J connectivity index is 2.22. The second-order valence-electron chi connectivity index (χ2n) is 3.65. The van der Waals surface area contributed by atoms with Gasteiger partial charge in [0.2, 0.25) is 0 Å². The second kappa shape index (κ2) is 7.50. The first kappa shape index (κ1) is 15.1. The van der Waals surface area contributed by atoms with Crippen molar-refractivity contribution < 1.29 is 0 Å². The van der Waals surface area contributed by atoms with Crippen LogP contribution in [-0.4, -0.2) is 23.0 Å². The molecule has 0 unspecified atom stereocenters. The molecule has 7 heteroatoms. The lowest BCUT2D eigenvalue weighted by molar-refractivity contribution is 0.718. The highest BCUT2D eigenvalue weighted by atomic mass is 35.5. The van der Waals surface area contributed by atoms with Gasteiger partial charge in [-0.15, -0.1) is 10.2 Å². The lowest BCUT2D eigenvalue weighted by atomic mass is 10.2. The quantitative estimate of drug-likeness (QED) is 0.804. The molecule has 3 nitrogen and oxygen atoms in total. The monoisotopic (exact) mass is 331 g/mol. The van der Waals surface area contributed by atoms with Gasteiger partial charge in [-0.2, -0.15) is 0 Å². The van der Waals surface area contributed by atoms with Gasteiger partial charge in [0.1, 0.15) is 0 Å². The Morgan fingerprint density at radius 2 is 2.11 bits per heavy atom. The van der Waals surface area contributed by atoms with Gasteiger partial charge < -0.3 is 5.32 Å². The summed E-state index contributed by atoms with van der Waals surface area (Å²) < 4.78 is 1.90.